The van der Waals surface area contributed by atoms with Gasteiger partial charge in [-0.15, -0.1) is 0 Å². The van der Waals surface area contributed by atoms with Crippen LogP contribution in [-0.2, 0) is 0 Å². The molecule has 1 aromatic carbocycles. The molecular formula is C19H25ClN4O2. The molecule has 6 nitrogen and oxygen atoms in total. The van der Waals surface area contributed by atoms with Crippen LogP contribution in [0, 0.1) is 6.92 Å². The molecule has 0 radical (unpaired) electrons. The standard InChI is InChI=1S/C19H25ClN4O2/c1-4-24(5-2)19-22-13-16(20)17(23-19)18(25)21-10-7-11-26-15-9-6-8-14(3)12-15/h6,8-9,12-13H,4-5,7,10-11H2,1-3H3,(H,21,25). The Balaban J connectivity index is 1.84. The summed E-state index contributed by atoms with van der Waals surface area (Å²) < 4.78 is 5.67. The summed E-state index contributed by atoms with van der Waals surface area (Å²) in [5.74, 6) is 1.03. The Morgan fingerprint density at radius 3 is 2.77 bits per heavy atom. The highest BCUT2D eigenvalue weighted by molar-refractivity contribution is 6.33. The minimum absolute atomic E-state index is 0.197. The molecule has 0 aliphatic heterocycles. The van der Waals surface area contributed by atoms with Crippen LogP contribution in [0.5, 0.6) is 5.75 Å². The van der Waals surface area contributed by atoms with Crippen molar-refractivity contribution in [3.05, 3.63) is 46.7 Å². The van der Waals surface area contributed by atoms with Gasteiger partial charge in [0, 0.05) is 19.6 Å². The Labute approximate surface area is 159 Å². The molecule has 1 aromatic heterocycles. The van der Waals surface area contributed by atoms with E-state index in [0.29, 0.717) is 25.5 Å². The van der Waals surface area contributed by atoms with E-state index in [1.807, 2.05) is 49.9 Å². The quantitative estimate of drug-likeness (QED) is 0.678. The molecule has 0 bridgehead atoms. The molecule has 140 valence electrons. The van der Waals surface area contributed by atoms with Crippen LogP contribution in [0.4, 0.5) is 5.95 Å². The molecule has 0 unspecified atom stereocenters. The largest absolute Gasteiger partial charge is 0.494 e. The van der Waals surface area contributed by atoms with Gasteiger partial charge in [0.1, 0.15) is 5.75 Å². The predicted molar refractivity (Wildman–Crippen MR) is 104 cm³/mol. The van der Waals surface area contributed by atoms with Gasteiger partial charge in [-0.05, 0) is 44.9 Å². The van der Waals surface area contributed by atoms with Crippen molar-refractivity contribution in [2.45, 2.75) is 27.2 Å². The molecular weight excluding hydrogens is 352 g/mol. The molecule has 0 atom stereocenters. The van der Waals surface area contributed by atoms with Crippen molar-refractivity contribution in [2.75, 3.05) is 31.1 Å². The number of benzene rings is 1. The van der Waals surface area contributed by atoms with Crippen molar-refractivity contribution in [1.82, 2.24) is 15.3 Å². The van der Waals surface area contributed by atoms with E-state index in [1.54, 1.807) is 0 Å². The van der Waals surface area contributed by atoms with Crippen LogP contribution in [0.1, 0.15) is 36.3 Å². The first kappa shape index (κ1) is 20.0. The van der Waals surface area contributed by atoms with Crippen LogP contribution in [0.15, 0.2) is 30.5 Å². The number of rotatable bonds is 9. The van der Waals surface area contributed by atoms with Gasteiger partial charge in [-0.1, -0.05) is 23.7 Å². The number of anilines is 1. The Morgan fingerprint density at radius 1 is 1.31 bits per heavy atom. The summed E-state index contributed by atoms with van der Waals surface area (Å²) >= 11 is 6.09. The topological polar surface area (TPSA) is 67.4 Å². The number of nitrogens with zero attached hydrogens (tertiary/aromatic N) is 3. The summed E-state index contributed by atoms with van der Waals surface area (Å²) in [5.41, 5.74) is 1.35. The van der Waals surface area contributed by atoms with Crippen molar-refractivity contribution < 1.29 is 9.53 Å². The van der Waals surface area contributed by atoms with Crippen LogP contribution < -0.4 is 15.0 Å². The fourth-order valence-corrected chi connectivity index (χ4v) is 2.61. The molecule has 0 aliphatic carbocycles. The van der Waals surface area contributed by atoms with E-state index >= 15 is 0 Å². The zero-order chi connectivity index (χ0) is 18.9. The van der Waals surface area contributed by atoms with Gasteiger partial charge in [-0.25, -0.2) is 9.97 Å². The summed E-state index contributed by atoms with van der Waals surface area (Å²) in [5, 5.41) is 3.07. The highest BCUT2D eigenvalue weighted by Gasteiger charge is 2.15. The van der Waals surface area contributed by atoms with Gasteiger partial charge in [0.25, 0.3) is 5.91 Å². The number of carbonyl (C=O) groups excluding carboxylic acids is 1. The number of halogens is 1. The van der Waals surface area contributed by atoms with E-state index < -0.39 is 0 Å². The van der Waals surface area contributed by atoms with Gasteiger partial charge < -0.3 is 15.0 Å². The molecule has 1 amide bonds. The molecule has 2 aromatic rings. The lowest BCUT2D eigenvalue weighted by Crippen LogP contribution is -2.29. The smallest absolute Gasteiger partial charge is 0.271 e. The van der Waals surface area contributed by atoms with Gasteiger partial charge in [0.05, 0.1) is 17.8 Å². The summed E-state index contributed by atoms with van der Waals surface area (Å²) in [6, 6.07) is 7.87. The summed E-state index contributed by atoms with van der Waals surface area (Å²) in [4.78, 5) is 22.8. The second kappa shape index (κ2) is 9.97. The van der Waals surface area contributed by atoms with Crippen LogP contribution in [0.2, 0.25) is 5.02 Å². The normalized spacial score (nSPS) is 10.5. The first-order chi connectivity index (χ1) is 12.5. The zero-order valence-electron chi connectivity index (χ0n) is 15.5. The third-order valence-electron chi connectivity index (χ3n) is 3.86. The van der Waals surface area contributed by atoms with Crippen molar-refractivity contribution in [3.8, 4) is 5.75 Å². The first-order valence-corrected chi connectivity index (χ1v) is 9.18. The second-order valence-corrected chi connectivity index (χ2v) is 6.22. The van der Waals surface area contributed by atoms with E-state index in [2.05, 4.69) is 15.3 Å². The lowest BCUT2D eigenvalue weighted by Gasteiger charge is -2.19. The average Bonchev–Trinajstić information content (AvgIpc) is 2.63. The number of aromatic nitrogens is 2. The third kappa shape index (κ3) is 5.59. The molecule has 1 heterocycles. The summed E-state index contributed by atoms with van der Waals surface area (Å²) in [6.45, 7) is 8.55. The SMILES string of the molecule is CCN(CC)c1ncc(Cl)c(C(=O)NCCCOc2cccc(C)c2)n1. The van der Waals surface area contributed by atoms with E-state index in [4.69, 9.17) is 16.3 Å². The summed E-state index contributed by atoms with van der Waals surface area (Å²) in [7, 11) is 0. The van der Waals surface area contributed by atoms with E-state index in [-0.39, 0.29) is 16.6 Å². The van der Waals surface area contributed by atoms with E-state index in [1.165, 1.54) is 6.20 Å². The number of nitrogens with one attached hydrogen (secondary N) is 1. The number of aryl methyl sites for hydroxylation is 1. The molecule has 26 heavy (non-hydrogen) atoms. The highest BCUT2D eigenvalue weighted by atomic mass is 35.5. The minimum Gasteiger partial charge on any atom is -0.494 e. The Bertz CT molecular complexity index is 735. The number of carbonyl (C=O) groups is 1. The minimum atomic E-state index is -0.304. The molecule has 0 fully saturated rings. The second-order valence-electron chi connectivity index (χ2n) is 5.81. The first-order valence-electron chi connectivity index (χ1n) is 8.80. The lowest BCUT2D eigenvalue weighted by atomic mass is 10.2. The fourth-order valence-electron chi connectivity index (χ4n) is 2.43. The molecule has 1 N–H and O–H groups in total. The van der Waals surface area contributed by atoms with Gasteiger partial charge in [-0.3, -0.25) is 4.79 Å². The van der Waals surface area contributed by atoms with Crippen molar-refractivity contribution >= 4 is 23.5 Å². The predicted octanol–water partition coefficient (Wildman–Crippen LogP) is 3.48. The summed E-state index contributed by atoms with van der Waals surface area (Å²) in [6.07, 6.45) is 2.16. The van der Waals surface area contributed by atoms with Crippen molar-refractivity contribution in [2.24, 2.45) is 0 Å². The number of hydrogen-bond acceptors (Lipinski definition) is 5. The van der Waals surface area contributed by atoms with Gasteiger partial charge in [-0.2, -0.15) is 0 Å². The maximum atomic E-state index is 12.3. The van der Waals surface area contributed by atoms with Crippen LogP contribution in [-0.4, -0.2) is 42.1 Å². The molecule has 7 heteroatoms. The Hall–Kier alpha value is -2.34. The lowest BCUT2D eigenvalue weighted by molar-refractivity contribution is 0.0946. The van der Waals surface area contributed by atoms with Crippen LogP contribution in [0.25, 0.3) is 0 Å². The number of ether oxygens (including phenoxy) is 1. The van der Waals surface area contributed by atoms with Crippen molar-refractivity contribution in [3.63, 3.8) is 0 Å². The van der Waals surface area contributed by atoms with E-state index in [0.717, 1.165) is 24.4 Å². The monoisotopic (exact) mass is 376 g/mol. The highest BCUT2D eigenvalue weighted by Crippen LogP contribution is 2.16. The Kier molecular flexibility index (Phi) is 7.66. The van der Waals surface area contributed by atoms with Gasteiger partial charge in [0.2, 0.25) is 5.95 Å². The zero-order valence-corrected chi connectivity index (χ0v) is 16.2. The average molecular weight is 377 g/mol. The van der Waals surface area contributed by atoms with Gasteiger partial charge in [0.15, 0.2) is 5.69 Å². The fraction of sp³-hybridized carbons (Fsp3) is 0.421. The number of hydrogen-bond donors (Lipinski definition) is 1. The molecule has 0 aliphatic rings. The molecule has 0 saturated heterocycles. The van der Waals surface area contributed by atoms with Gasteiger partial charge >= 0.3 is 0 Å². The van der Waals surface area contributed by atoms with E-state index in [9.17, 15) is 4.79 Å². The Morgan fingerprint density at radius 2 is 2.08 bits per heavy atom. The van der Waals surface area contributed by atoms with Crippen LogP contribution in [0.3, 0.4) is 0 Å². The molecule has 2 rings (SSSR count). The maximum Gasteiger partial charge on any atom is 0.271 e. The number of amides is 1. The van der Waals surface area contributed by atoms with Crippen LogP contribution >= 0.6 is 11.6 Å². The maximum absolute atomic E-state index is 12.3. The molecule has 0 spiro atoms. The third-order valence-corrected chi connectivity index (χ3v) is 4.13. The van der Waals surface area contributed by atoms with Crippen molar-refractivity contribution in [1.29, 1.82) is 0 Å². The molecule has 0 saturated carbocycles.